The molecule has 0 unspecified atom stereocenters. The SMILES string of the molecule is CC(C)(CO)Nc1nc(Cl)nc2c1cnn2C(C)(C)C. The van der Waals surface area contributed by atoms with Crippen LogP contribution in [0.3, 0.4) is 0 Å². The summed E-state index contributed by atoms with van der Waals surface area (Å²) < 4.78 is 1.81. The Hall–Kier alpha value is -1.40. The number of nitrogens with zero attached hydrogens (tertiary/aromatic N) is 4. The molecular formula is C13H20ClN5O. The highest BCUT2D eigenvalue weighted by Gasteiger charge is 2.23. The van der Waals surface area contributed by atoms with Crippen molar-refractivity contribution >= 4 is 28.5 Å². The minimum absolute atomic E-state index is 0.0243. The van der Waals surface area contributed by atoms with Gasteiger partial charge < -0.3 is 10.4 Å². The highest BCUT2D eigenvalue weighted by Crippen LogP contribution is 2.27. The molecule has 0 aromatic carbocycles. The van der Waals surface area contributed by atoms with Crippen molar-refractivity contribution in [2.24, 2.45) is 0 Å². The average Bonchev–Trinajstić information content (AvgIpc) is 2.71. The molecule has 2 rings (SSSR count). The van der Waals surface area contributed by atoms with E-state index < -0.39 is 5.54 Å². The number of hydrogen-bond donors (Lipinski definition) is 2. The minimum atomic E-state index is -0.506. The zero-order valence-corrected chi connectivity index (χ0v) is 13.2. The van der Waals surface area contributed by atoms with Crippen LogP contribution in [0.4, 0.5) is 5.82 Å². The van der Waals surface area contributed by atoms with Crippen LogP contribution in [0.5, 0.6) is 0 Å². The molecule has 0 aliphatic rings. The van der Waals surface area contributed by atoms with E-state index in [1.54, 1.807) is 6.20 Å². The quantitative estimate of drug-likeness (QED) is 0.851. The van der Waals surface area contributed by atoms with Gasteiger partial charge in [0.15, 0.2) is 5.65 Å². The first-order valence-corrected chi connectivity index (χ1v) is 6.83. The van der Waals surface area contributed by atoms with Gasteiger partial charge in [0.25, 0.3) is 0 Å². The minimum Gasteiger partial charge on any atom is -0.394 e. The van der Waals surface area contributed by atoms with Gasteiger partial charge >= 0.3 is 0 Å². The number of aliphatic hydroxyl groups excluding tert-OH is 1. The van der Waals surface area contributed by atoms with Gasteiger partial charge in [0, 0.05) is 0 Å². The summed E-state index contributed by atoms with van der Waals surface area (Å²) in [5.41, 5.74) is -0.0359. The van der Waals surface area contributed by atoms with Crippen LogP contribution in [0, 0.1) is 0 Å². The van der Waals surface area contributed by atoms with Crippen molar-refractivity contribution in [1.82, 2.24) is 19.7 Å². The number of hydrogen-bond acceptors (Lipinski definition) is 5. The Balaban J connectivity index is 2.60. The second-order valence-electron chi connectivity index (χ2n) is 6.47. The lowest BCUT2D eigenvalue weighted by Crippen LogP contribution is -2.35. The Morgan fingerprint density at radius 1 is 1.25 bits per heavy atom. The molecule has 2 N–H and O–H groups in total. The largest absolute Gasteiger partial charge is 0.394 e. The van der Waals surface area contributed by atoms with E-state index in [1.807, 2.05) is 39.3 Å². The molecule has 0 atom stereocenters. The summed E-state index contributed by atoms with van der Waals surface area (Å²) >= 11 is 6.01. The fourth-order valence-corrected chi connectivity index (χ4v) is 1.99. The first kappa shape index (κ1) is 15.0. The van der Waals surface area contributed by atoms with Gasteiger partial charge in [-0.2, -0.15) is 15.1 Å². The standard InChI is InChI=1S/C13H20ClN5O/c1-12(2,3)19-10-8(6-15-19)9(16-11(14)17-10)18-13(4,5)7-20/h6,20H,7H2,1-5H3,(H,16,17,18). The van der Waals surface area contributed by atoms with Crippen molar-refractivity contribution in [3.05, 3.63) is 11.5 Å². The van der Waals surface area contributed by atoms with Gasteiger partial charge in [-0.3, -0.25) is 0 Å². The first-order chi connectivity index (χ1) is 9.14. The van der Waals surface area contributed by atoms with Crippen molar-refractivity contribution < 1.29 is 5.11 Å². The first-order valence-electron chi connectivity index (χ1n) is 6.45. The summed E-state index contributed by atoms with van der Waals surface area (Å²) in [4.78, 5) is 8.48. The molecule has 2 heterocycles. The Morgan fingerprint density at radius 2 is 1.90 bits per heavy atom. The second kappa shape index (κ2) is 4.86. The van der Waals surface area contributed by atoms with E-state index in [1.165, 1.54) is 0 Å². The Bertz CT molecular complexity index is 629. The van der Waals surface area contributed by atoms with E-state index in [0.717, 1.165) is 5.39 Å². The zero-order valence-electron chi connectivity index (χ0n) is 12.4. The molecule has 2 aromatic heterocycles. The molecular weight excluding hydrogens is 278 g/mol. The molecule has 0 aliphatic carbocycles. The van der Waals surface area contributed by atoms with Crippen LogP contribution in [-0.2, 0) is 5.54 Å². The maximum atomic E-state index is 9.37. The maximum absolute atomic E-state index is 9.37. The van der Waals surface area contributed by atoms with Crippen LogP contribution in [0.2, 0.25) is 5.28 Å². The third-order valence-corrected chi connectivity index (χ3v) is 3.06. The Kier molecular flexibility index (Phi) is 3.64. The number of rotatable bonds is 3. The maximum Gasteiger partial charge on any atom is 0.226 e. The molecule has 0 aliphatic heterocycles. The molecule has 0 radical (unpaired) electrons. The summed E-state index contributed by atoms with van der Waals surface area (Å²) in [6.07, 6.45) is 1.71. The van der Waals surface area contributed by atoms with Crippen molar-refractivity contribution in [1.29, 1.82) is 0 Å². The fraction of sp³-hybridized carbons (Fsp3) is 0.615. The molecule has 7 heteroatoms. The molecule has 0 bridgehead atoms. The third-order valence-electron chi connectivity index (χ3n) is 2.89. The number of aromatic nitrogens is 4. The number of anilines is 1. The van der Waals surface area contributed by atoms with Gasteiger partial charge in [-0.15, -0.1) is 0 Å². The van der Waals surface area contributed by atoms with Gasteiger partial charge in [0.05, 0.1) is 29.3 Å². The molecule has 0 saturated heterocycles. The normalized spacial score (nSPS) is 12.9. The summed E-state index contributed by atoms with van der Waals surface area (Å²) in [5.74, 6) is 0.578. The second-order valence-corrected chi connectivity index (χ2v) is 6.81. The predicted molar refractivity (Wildman–Crippen MR) is 80.1 cm³/mol. The van der Waals surface area contributed by atoms with Gasteiger partial charge in [0.2, 0.25) is 5.28 Å². The summed E-state index contributed by atoms with van der Waals surface area (Å²) in [6.45, 7) is 9.86. The topological polar surface area (TPSA) is 75.9 Å². The van der Waals surface area contributed by atoms with Crippen molar-refractivity contribution in [3.8, 4) is 0 Å². The van der Waals surface area contributed by atoms with E-state index in [4.69, 9.17) is 11.6 Å². The number of fused-ring (bicyclic) bond motifs is 1. The Labute approximate surface area is 123 Å². The average molecular weight is 298 g/mol. The van der Waals surface area contributed by atoms with Crippen molar-refractivity contribution in [3.63, 3.8) is 0 Å². The molecule has 0 fully saturated rings. The highest BCUT2D eigenvalue weighted by atomic mass is 35.5. The van der Waals surface area contributed by atoms with E-state index in [0.29, 0.717) is 11.5 Å². The van der Waals surface area contributed by atoms with Crippen LogP contribution in [-0.4, -0.2) is 37.0 Å². The highest BCUT2D eigenvalue weighted by molar-refractivity contribution is 6.28. The molecule has 0 saturated carbocycles. The van der Waals surface area contributed by atoms with E-state index in [9.17, 15) is 5.11 Å². The van der Waals surface area contributed by atoms with Crippen molar-refractivity contribution in [2.45, 2.75) is 45.7 Å². The van der Waals surface area contributed by atoms with Gasteiger partial charge in [-0.05, 0) is 46.2 Å². The monoisotopic (exact) mass is 297 g/mol. The lowest BCUT2D eigenvalue weighted by Gasteiger charge is -2.24. The third kappa shape index (κ3) is 2.86. The van der Waals surface area contributed by atoms with Crippen molar-refractivity contribution in [2.75, 3.05) is 11.9 Å². The van der Waals surface area contributed by atoms with Gasteiger partial charge in [0.1, 0.15) is 5.82 Å². The van der Waals surface area contributed by atoms with E-state index in [-0.39, 0.29) is 17.4 Å². The number of aliphatic hydroxyl groups is 1. The lowest BCUT2D eigenvalue weighted by atomic mass is 10.1. The summed E-state index contributed by atoms with van der Waals surface area (Å²) in [6, 6.07) is 0. The molecule has 0 amide bonds. The molecule has 0 spiro atoms. The number of halogens is 1. The van der Waals surface area contributed by atoms with Crippen LogP contribution < -0.4 is 5.32 Å². The molecule has 6 nitrogen and oxygen atoms in total. The van der Waals surface area contributed by atoms with E-state index >= 15 is 0 Å². The number of nitrogens with one attached hydrogen (secondary N) is 1. The van der Waals surface area contributed by atoms with Crippen LogP contribution >= 0.6 is 11.6 Å². The molecule has 20 heavy (non-hydrogen) atoms. The van der Waals surface area contributed by atoms with E-state index in [2.05, 4.69) is 20.4 Å². The predicted octanol–water partition coefficient (Wildman–Crippen LogP) is 2.42. The van der Waals surface area contributed by atoms with Crippen LogP contribution in [0.15, 0.2) is 6.20 Å². The summed E-state index contributed by atoms with van der Waals surface area (Å²) in [7, 11) is 0. The van der Waals surface area contributed by atoms with Gasteiger partial charge in [-0.25, -0.2) is 4.68 Å². The smallest absolute Gasteiger partial charge is 0.226 e. The van der Waals surface area contributed by atoms with Crippen LogP contribution in [0.25, 0.3) is 11.0 Å². The Morgan fingerprint density at radius 3 is 2.45 bits per heavy atom. The van der Waals surface area contributed by atoms with Crippen LogP contribution in [0.1, 0.15) is 34.6 Å². The lowest BCUT2D eigenvalue weighted by molar-refractivity contribution is 0.234. The molecule has 2 aromatic rings. The van der Waals surface area contributed by atoms with Gasteiger partial charge in [-0.1, -0.05) is 0 Å². The fourth-order valence-electron chi connectivity index (χ4n) is 1.83. The zero-order chi connectivity index (χ0) is 15.1. The molecule has 110 valence electrons. The summed E-state index contributed by atoms with van der Waals surface area (Å²) in [5, 5.41) is 17.9.